The van der Waals surface area contributed by atoms with Crippen LogP contribution in [0.2, 0.25) is 0 Å². The van der Waals surface area contributed by atoms with E-state index in [1.807, 2.05) is 6.92 Å². The molecule has 6 heteroatoms. The number of benzene rings is 1. The van der Waals surface area contributed by atoms with Crippen LogP contribution in [0.25, 0.3) is 0 Å². The number of aryl methyl sites for hydroxylation is 1. The minimum Gasteiger partial charge on any atom is -0.330 e. The lowest BCUT2D eigenvalue weighted by atomic mass is 10.0. The predicted molar refractivity (Wildman–Crippen MR) is 73.9 cm³/mol. The standard InChI is InChI=1S/C13H19N3O3/c1-9-5-6-11(16(18)19)8-12(9)15-13(17)10(2)4-3-7-14/h5-6,8,10H,3-4,7,14H2,1-2H3,(H,15,17). The average molecular weight is 265 g/mol. The first-order valence-corrected chi connectivity index (χ1v) is 6.21. The summed E-state index contributed by atoms with van der Waals surface area (Å²) in [5.41, 5.74) is 6.65. The quantitative estimate of drug-likeness (QED) is 0.608. The molecule has 1 amide bonds. The predicted octanol–water partition coefficient (Wildman–Crippen LogP) is 2.22. The van der Waals surface area contributed by atoms with Gasteiger partial charge in [0.2, 0.25) is 5.91 Å². The molecule has 0 heterocycles. The molecular weight excluding hydrogens is 246 g/mol. The minimum atomic E-state index is -0.479. The van der Waals surface area contributed by atoms with E-state index in [4.69, 9.17) is 5.73 Å². The van der Waals surface area contributed by atoms with Crippen molar-refractivity contribution in [2.45, 2.75) is 26.7 Å². The number of anilines is 1. The second kappa shape index (κ2) is 6.84. The Morgan fingerprint density at radius 2 is 2.21 bits per heavy atom. The third-order valence-electron chi connectivity index (χ3n) is 2.98. The Morgan fingerprint density at radius 3 is 2.79 bits per heavy atom. The molecule has 0 aliphatic rings. The summed E-state index contributed by atoms with van der Waals surface area (Å²) < 4.78 is 0. The van der Waals surface area contributed by atoms with Crippen LogP contribution >= 0.6 is 0 Å². The molecule has 1 atom stereocenters. The fourth-order valence-electron chi connectivity index (χ4n) is 1.67. The molecule has 0 spiro atoms. The van der Waals surface area contributed by atoms with Gasteiger partial charge >= 0.3 is 0 Å². The van der Waals surface area contributed by atoms with Crippen molar-refractivity contribution in [2.75, 3.05) is 11.9 Å². The van der Waals surface area contributed by atoms with Gasteiger partial charge in [-0.05, 0) is 31.9 Å². The first-order chi connectivity index (χ1) is 8.95. The smallest absolute Gasteiger partial charge is 0.271 e. The molecule has 0 bridgehead atoms. The highest BCUT2D eigenvalue weighted by Gasteiger charge is 2.15. The lowest BCUT2D eigenvalue weighted by molar-refractivity contribution is -0.384. The van der Waals surface area contributed by atoms with E-state index in [0.717, 1.165) is 12.0 Å². The summed E-state index contributed by atoms with van der Waals surface area (Å²) in [6.07, 6.45) is 1.48. The van der Waals surface area contributed by atoms with Gasteiger partial charge in [0.25, 0.3) is 5.69 Å². The van der Waals surface area contributed by atoms with Crippen molar-refractivity contribution in [1.82, 2.24) is 0 Å². The zero-order valence-corrected chi connectivity index (χ0v) is 11.2. The van der Waals surface area contributed by atoms with Gasteiger partial charge < -0.3 is 11.1 Å². The summed E-state index contributed by atoms with van der Waals surface area (Å²) in [7, 11) is 0. The number of rotatable bonds is 6. The largest absolute Gasteiger partial charge is 0.330 e. The van der Waals surface area contributed by atoms with Gasteiger partial charge in [0.1, 0.15) is 0 Å². The highest BCUT2D eigenvalue weighted by Crippen LogP contribution is 2.22. The summed E-state index contributed by atoms with van der Waals surface area (Å²) in [6, 6.07) is 4.42. The molecule has 6 nitrogen and oxygen atoms in total. The number of hydrogen-bond acceptors (Lipinski definition) is 4. The van der Waals surface area contributed by atoms with Crippen LogP contribution in [-0.2, 0) is 4.79 Å². The topological polar surface area (TPSA) is 98.3 Å². The molecule has 0 saturated carbocycles. The maximum atomic E-state index is 11.9. The van der Waals surface area contributed by atoms with Crippen molar-refractivity contribution >= 4 is 17.3 Å². The van der Waals surface area contributed by atoms with Crippen LogP contribution in [0.5, 0.6) is 0 Å². The van der Waals surface area contributed by atoms with E-state index in [1.54, 1.807) is 13.0 Å². The highest BCUT2D eigenvalue weighted by molar-refractivity contribution is 5.93. The second-order valence-corrected chi connectivity index (χ2v) is 4.58. The molecule has 1 aromatic carbocycles. The molecule has 1 aromatic rings. The number of amides is 1. The zero-order chi connectivity index (χ0) is 14.4. The van der Waals surface area contributed by atoms with E-state index in [0.29, 0.717) is 18.7 Å². The van der Waals surface area contributed by atoms with Crippen LogP contribution in [0.3, 0.4) is 0 Å². The average Bonchev–Trinajstić information content (AvgIpc) is 2.38. The van der Waals surface area contributed by atoms with E-state index >= 15 is 0 Å². The monoisotopic (exact) mass is 265 g/mol. The third kappa shape index (κ3) is 4.33. The van der Waals surface area contributed by atoms with Gasteiger partial charge in [-0.2, -0.15) is 0 Å². The number of nitrogens with two attached hydrogens (primary N) is 1. The van der Waals surface area contributed by atoms with Crippen molar-refractivity contribution < 1.29 is 9.72 Å². The fourth-order valence-corrected chi connectivity index (χ4v) is 1.67. The van der Waals surface area contributed by atoms with Gasteiger partial charge in [0.15, 0.2) is 0 Å². The van der Waals surface area contributed by atoms with E-state index in [2.05, 4.69) is 5.32 Å². The van der Waals surface area contributed by atoms with Crippen LogP contribution in [0.4, 0.5) is 11.4 Å². The summed E-state index contributed by atoms with van der Waals surface area (Å²) in [6.45, 7) is 4.16. The fraction of sp³-hybridized carbons (Fsp3) is 0.462. The molecule has 0 aromatic heterocycles. The zero-order valence-electron chi connectivity index (χ0n) is 11.2. The molecule has 1 unspecified atom stereocenters. The second-order valence-electron chi connectivity index (χ2n) is 4.58. The molecule has 0 radical (unpaired) electrons. The normalized spacial score (nSPS) is 11.9. The lowest BCUT2D eigenvalue weighted by Gasteiger charge is -2.13. The number of nitro benzene ring substituents is 1. The van der Waals surface area contributed by atoms with Gasteiger partial charge in [0, 0.05) is 18.1 Å². The Morgan fingerprint density at radius 1 is 1.53 bits per heavy atom. The van der Waals surface area contributed by atoms with Gasteiger partial charge in [-0.1, -0.05) is 13.0 Å². The van der Waals surface area contributed by atoms with Crippen LogP contribution < -0.4 is 11.1 Å². The Bertz CT molecular complexity index is 474. The molecule has 0 aliphatic heterocycles. The summed E-state index contributed by atoms with van der Waals surface area (Å²) in [5.74, 6) is -0.306. The van der Waals surface area contributed by atoms with Crippen molar-refractivity contribution in [2.24, 2.45) is 11.7 Å². The number of nitro groups is 1. The number of hydrogen-bond donors (Lipinski definition) is 2. The molecule has 0 aliphatic carbocycles. The van der Waals surface area contributed by atoms with Crippen LogP contribution in [0.15, 0.2) is 18.2 Å². The SMILES string of the molecule is Cc1ccc([N+](=O)[O-])cc1NC(=O)C(C)CCCN. The third-order valence-corrected chi connectivity index (χ3v) is 2.98. The molecule has 0 saturated heterocycles. The Balaban J connectivity index is 2.78. The van der Waals surface area contributed by atoms with E-state index in [9.17, 15) is 14.9 Å². The van der Waals surface area contributed by atoms with E-state index in [1.165, 1.54) is 12.1 Å². The first-order valence-electron chi connectivity index (χ1n) is 6.21. The van der Waals surface area contributed by atoms with E-state index in [-0.39, 0.29) is 17.5 Å². The molecule has 1 rings (SSSR count). The Hall–Kier alpha value is -1.95. The maximum absolute atomic E-state index is 11.9. The van der Waals surface area contributed by atoms with Gasteiger partial charge in [0.05, 0.1) is 10.6 Å². The summed E-state index contributed by atoms with van der Waals surface area (Å²) >= 11 is 0. The molecular formula is C13H19N3O3. The summed E-state index contributed by atoms with van der Waals surface area (Å²) in [5, 5.41) is 13.4. The van der Waals surface area contributed by atoms with Crippen molar-refractivity contribution in [3.05, 3.63) is 33.9 Å². The van der Waals surface area contributed by atoms with Crippen LogP contribution in [-0.4, -0.2) is 17.4 Å². The van der Waals surface area contributed by atoms with Crippen LogP contribution in [0.1, 0.15) is 25.3 Å². The maximum Gasteiger partial charge on any atom is 0.271 e. The highest BCUT2D eigenvalue weighted by atomic mass is 16.6. The number of nitrogens with one attached hydrogen (secondary N) is 1. The lowest BCUT2D eigenvalue weighted by Crippen LogP contribution is -2.21. The Kier molecular flexibility index (Phi) is 5.44. The first kappa shape index (κ1) is 15.1. The van der Waals surface area contributed by atoms with Gasteiger partial charge in [-0.15, -0.1) is 0 Å². The number of nitrogens with zero attached hydrogens (tertiary/aromatic N) is 1. The number of carbonyl (C=O) groups excluding carboxylic acids is 1. The van der Waals surface area contributed by atoms with Gasteiger partial charge in [-0.3, -0.25) is 14.9 Å². The Labute approximate surface area is 112 Å². The molecule has 0 fully saturated rings. The number of carbonyl (C=O) groups is 1. The van der Waals surface area contributed by atoms with Crippen LogP contribution in [0, 0.1) is 23.0 Å². The minimum absolute atomic E-state index is 0.0319. The number of non-ortho nitro benzene ring substituents is 1. The van der Waals surface area contributed by atoms with Crippen molar-refractivity contribution in [3.8, 4) is 0 Å². The summed E-state index contributed by atoms with van der Waals surface area (Å²) in [4.78, 5) is 22.2. The molecule has 3 N–H and O–H groups in total. The van der Waals surface area contributed by atoms with Gasteiger partial charge in [-0.25, -0.2) is 0 Å². The molecule has 19 heavy (non-hydrogen) atoms. The molecule has 104 valence electrons. The van der Waals surface area contributed by atoms with Crippen molar-refractivity contribution in [1.29, 1.82) is 0 Å². The van der Waals surface area contributed by atoms with Crippen molar-refractivity contribution in [3.63, 3.8) is 0 Å². The van der Waals surface area contributed by atoms with E-state index < -0.39 is 4.92 Å².